The molecule has 1 aliphatic heterocycles. The summed E-state index contributed by atoms with van der Waals surface area (Å²) >= 11 is 0. The van der Waals surface area contributed by atoms with Crippen molar-refractivity contribution >= 4 is 16.5 Å². The van der Waals surface area contributed by atoms with Crippen molar-refractivity contribution in [2.24, 2.45) is 0 Å². The van der Waals surface area contributed by atoms with E-state index in [9.17, 15) is 10.1 Å². The second-order valence-corrected chi connectivity index (χ2v) is 6.55. The smallest absolute Gasteiger partial charge is 0.269 e. The molecule has 0 radical (unpaired) electrons. The van der Waals surface area contributed by atoms with E-state index in [1.807, 2.05) is 18.2 Å². The van der Waals surface area contributed by atoms with Gasteiger partial charge in [-0.25, -0.2) is 0 Å². The lowest BCUT2D eigenvalue weighted by Crippen LogP contribution is -2.35. The van der Waals surface area contributed by atoms with Gasteiger partial charge in [0.1, 0.15) is 5.75 Å². The summed E-state index contributed by atoms with van der Waals surface area (Å²) in [4.78, 5) is 10.5. The lowest BCUT2D eigenvalue weighted by Gasteiger charge is -2.34. The molecule has 4 rings (SSSR count). The van der Waals surface area contributed by atoms with E-state index in [0.717, 1.165) is 24.2 Å². The quantitative estimate of drug-likeness (QED) is 0.515. The van der Waals surface area contributed by atoms with E-state index in [1.165, 1.54) is 28.5 Å². The molecule has 132 valence electrons. The van der Waals surface area contributed by atoms with E-state index in [1.54, 1.807) is 12.1 Å². The highest BCUT2D eigenvalue weighted by molar-refractivity contribution is 5.88. The number of nitrogens with zero attached hydrogens (tertiary/aromatic N) is 1. The average Bonchev–Trinajstić information content (AvgIpc) is 2.67. The summed E-state index contributed by atoms with van der Waals surface area (Å²) in [6.07, 6.45) is 1.72. The van der Waals surface area contributed by atoms with E-state index in [-0.39, 0.29) is 22.9 Å². The molecular formula is C21H20N2O3. The van der Waals surface area contributed by atoms with Gasteiger partial charge in [0.05, 0.1) is 4.92 Å². The average molecular weight is 348 g/mol. The SMILES string of the molecule is CCCC1NC(c2ccc([N+](=O)[O-])cc2)Oc2ccc3ccccc3c21. The fourth-order valence-electron chi connectivity index (χ4n) is 3.62. The molecular weight excluding hydrogens is 328 g/mol. The van der Waals surface area contributed by atoms with Gasteiger partial charge in [-0.2, -0.15) is 0 Å². The molecule has 2 unspecified atom stereocenters. The largest absolute Gasteiger partial charge is 0.471 e. The first-order valence-electron chi connectivity index (χ1n) is 8.86. The molecule has 0 aliphatic carbocycles. The van der Waals surface area contributed by atoms with Gasteiger partial charge in [0.2, 0.25) is 0 Å². The Morgan fingerprint density at radius 2 is 1.85 bits per heavy atom. The highest BCUT2D eigenvalue weighted by Gasteiger charge is 2.29. The van der Waals surface area contributed by atoms with E-state index in [4.69, 9.17) is 4.74 Å². The Kier molecular flexibility index (Phi) is 4.31. The standard InChI is InChI=1S/C21H20N2O3/c1-2-5-18-20-17-7-4-3-6-14(17)10-13-19(20)26-21(22-18)15-8-11-16(12-9-15)23(24)25/h3-4,6-13,18,21-22H,2,5H2,1H3. The zero-order valence-corrected chi connectivity index (χ0v) is 14.5. The number of nitro groups is 1. The van der Waals surface area contributed by atoms with E-state index >= 15 is 0 Å². The minimum Gasteiger partial charge on any atom is -0.471 e. The summed E-state index contributed by atoms with van der Waals surface area (Å²) in [6.45, 7) is 2.17. The number of nitrogens with one attached hydrogen (secondary N) is 1. The number of ether oxygens (including phenoxy) is 1. The van der Waals surface area contributed by atoms with Gasteiger partial charge < -0.3 is 4.74 Å². The van der Waals surface area contributed by atoms with Gasteiger partial charge in [-0.3, -0.25) is 15.4 Å². The zero-order chi connectivity index (χ0) is 18.1. The Bertz CT molecular complexity index is 953. The zero-order valence-electron chi connectivity index (χ0n) is 14.5. The second kappa shape index (κ2) is 6.77. The Balaban J connectivity index is 1.74. The van der Waals surface area contributed by atoms with Crippen molar-refractivity contribution in [3.63, 3.8) is 0 Å². The molecule has 3 aromatic rings. The molecule has 0 aromatic heterocycles. The van der Waals surface area contributed by atoms with Crippen molar-refractivity contribution in [2.45, 2.75) is 32.0 Å². The molecule has 0 fully saturated rings. The van der Waals surface area contributed by atoms with Crippen LogP contribution in [0, 0.1) is 10.1 Å². The van der Waals surface area contributed by atoms with Crippen LogP contribution in [0.25, 0.3) is 10.8 Å². The molecule has 1 aliphatic rings. The summed E-state index contributed by atoms with van der Waals surface area (Å²) in [5.74, 6) is 0.879. The van der Waals surface area contributed by atoms with Crippen LogP contribution in [0.4, 0.5) is 5.69 Å². The predicted molar refractivity (Wildman–Crippen MR) is 101 cm³/mol. The summed E-state index contributed by atoms with van der Waals surface area (Å²) in [5.41, 5.74) is 2.17. The molecule has 2 atom stereocenters. The molecule has 26 heavy (non-hydrogen) atoms. The van der Waals surface area contributed by atoms with Gasteiger partial charge in [-0.1, -0.05) is 43.7 Å². The third-order valence-corrected chi connectivity index (χ3v) is 4.86. The first-order chi connectivity index (χ1) is 12.7. The Labute approximate surface area is 151 Å². The third kappa shape index (κ3) is 2.91. The number of non-ortho nitro benzene ring substituents is 1. The normalized spacial score (nSPS) is 19.0. The summed E-state index contributed by atoms with van der Waals surface area (Å²) in [7, 11) is 0. The molecule has 0 bridgehead atoms. The molecule has 0 saturated heterocycles. The maximum Gasteiger partial charge on any atom is 0.269 e. The molecule has 0 saturated carbocycles. The van der Waals surface area contributed by atoms with Crippen molar-refractivity contribution in [3.05, 3.63) is 81.9 Å². The van der Waals surface area contributed by atoms with Gasteiger partial charge in [-0.05, 0) is 35.4 Å². The van der Waals surface area contributed by atoms with Crippen LogP contribution in [-0.4, -0.2) is 4.92 Å². The van der Waals surface area contributed by atoms with Crippen molar-refractivity contribution in [1.82, 2.24) is 5.32 Å². The number of benzene rings is 3. The van der Waals surface area contributed by atoms with Crippen LogP contribution in [0.5, 0.6) is 5.75 Å². The highest BCUT2D eigenvalue weighted by atomic mass is 16.6. The van der Waals surface area contributed by atoms with Crippen LogP contribution in [-0.2, 0) is 0 Å². The van der Waals surface area contributed by atoms with Crippen LogP contribution in [0.15, 0.2) is 60.7 Å². The van der Waals surface area contributed by atoms with Gasteiger partial charge in [0.15, 0.2) is 6.23 Å². The Hall–Kier alpha value is -2.92. The monoisotopic (exact) mass is 348 g/mol. The summed E-state index contributed by atoms with van der Waals surface area (Å²) in [6, 6.07) is 19.2. The minimum atomic E-state index is -0.389. The molecule has 3 aromatic carbocycles. The van der Waals surface area contributed by atoms with Crippen LogP contribution in [0.3, 0.4) is 0 Å². The predicted octanol–water partition coefficient (Wildman–Crippen LogP) is 5.27. The maximum atomic E-state index is 10.9. The first kappa shape index (κ1) is 16.5. The second-order valence-electron chi connectivity index (χ2n) is 6.55. The van der Waals surface area contributed by atoms with E-state index < -0.39 is 0 Å². The molecule has 5 heteroatoms. The number of rotatable bonds is 4. The Morgan fingerprint density at radius 1 is 1.08 bits per heavy atom. The number of nitro benzene ring substituents is 1. The fourth-order valence-corrected chi connectivity index (χ4v) is 3.62. The number of hydrogen-bond acceptors (Lipinski definition) is 4. The van der Waals surface area contributed by atoms with Crippen LogP contribution in [0.1, 0.15) is 43.2 Å². The van der Waals surface area contributed by atoms with Crippen LogP contribution < -0.4 is 10.1 Å². The van der Waals surface area contributed by atoms with Gasteiger partial charge in [-0.15, -0.1) is 0 Å². The van der Waals surface area contributed by atoms with E-state index in [0.29, 0.717) is 0 Å². The van der Waals surface area contributed by atoms with Crippen molar-refractivity contribution in [3.8, 4) is 5.75 Å². The highest BCUT2D eigenvalue weighted by Crippen LogP contribution is 2.41. The molecule has 1 N–H and O–H groups in total. The third-order valence-electron chi connectivity index (χ3n) is 4.86. The van der Waals surface area contributed by atoms with Gasteiger partial charge in [0, 0.05) is 29.3 Å². The van der Waals surface area contributed by atoms with Crippen LogP contribution >= 0.6 is 0 Å². The summed E-state index contributed by atoms with van der Waals surface area (Å²) in [5, 5.41) is 16.9. The van der Waals surface area contributed by atoms with E-state index in [2.05, 4.69) is 30.4 Å². The molecule has 5 nitrogen and oxygen atoms in total. The number of fused-ring (bicyclic) bond motifs is 3. The van der Waals surface area contributed by atoms with Crippen molar-refractivity contribution in [1.29, 1.82) is 0 Å². The Morgan fingerprint density at radius 3 is 2.58 bits per heavy atom. The molecule has 0 amide bonds. The van der Waals surface area contributed by atoms with Crippen molar-refractivity contribution in [2.75, 3.05) is 0 Å². The summed E-state index contributed by atoms with van der Waals surface area (Å²) < 4.78 is 6.22. The maximum absolute atomic E-state index is 10.9. The van der Waals surface area contributed by atoms with Gasteiger partial charge in [0.25, 0.3) is 5.69 Å². The lowest BCUT2D eigenvalue weighted by atomic mass is 9.93. The topological polar surface area (TPSA) is 64.4 Å². The first-order valence-corrected chi connectivity index (χ1v) is 8.86. The molecule has 0 spiro atoms. The van der Waals surface area contributed by atoms with Gasteiger partial charge >= 0.3 is 0 Å². The lowest BCUT2D eigenvalue weighted by molar-refractivity contribution is -0.384. The van der Waals surface area contributed by atoms with Crippen molar-refractivity contribution < 1.29 is 9.66 Å². The molecule has 1 heterocycles. The number of hydrogen-bond donors (Lipinski definition) is 1. The van der Waals surface area contributed by atoms with Crippen LogP contribution in [0.2, 0.25) is 0 Å². The fraction of sp³-hybridized carbons (Fsp3) is 0.238. The minimum absolute atomic E-state index is 0.0843.